The van der Waals surface area contributed by atoms with E-state index in [0.29, 0.717) is 0 Å². The van der Waals surface area contributed by atoms with E-state index in [0.717, 1.165) is 0 Å². The zero-order valence-corrected chi connectivity index (χ0v) is 6.89. The molecule has 10 heavy (non-hydrogen) atoms. The van der Waals surface area contributed by atoms with Crippen LogP contribution in [-0.2, 0) is 0 Å². The maximum atomic E-state index is 4.50. The van der Waals surface area contributed by atoms with Gasteiger partial charge in [0.1, 0.15) is 0 Å². The summed E-state index contributed by atoms with van der Waals surface area (Å²) in [7, 11) is 4.50. The summed E-state index contributed by atoms with van der Waals surface area (Å²) in [5.41, 5.74) is 2.66. The molecule has 0 bridgehead atoms. The van der Waals surface area contributed by atoms with E-state index in [-0.39, 0.29) is 0 Å². The molecule has 1 aromatic carbocycles. The largest absolute Gasteiger partial charge is 0.0999 e. The molecule has 1 aromatic rings. The maximum absolute atomic E-state index is 4.50. The van der Waals surface area contributed by atoms with Gasteiger partial charge < -0.3 is 0 Å². The number of hydrogen-bond acceptors (Lipinski definition) is 0. The Bertz CT molecular complexity index is 144. The topological polar surface area (TPSA) is 0 Å². The second-order valence-electron chi connectivity index (χ2n) is 2.15. The fourth-order valence-corrected chi connectivity index (χ4v) is 0.637. The van der Waals surface area contributed by atoms with Crippen molar-refractivity contribution in [3.05, 3.63) is 35.4 Å². The highest BCUT2D eigenvalue weighted by Crippen LogP contribution is 1.99. The molecule has 0 N–H and O–H groups in total. The van der Waals surface area contributed by atoms with Crippen LogP contribution >= 0.6 is 0 Å². The lowest BCUT2D eigenvalue weighted by molar-refractivity contribution is 1.40. The summed E-state index contributed by atoms with van der Waals surface area (Å²) in [5, 5.41) is 0. The first-order chi connectivity index (χ1) is 4.79. The van der Waals surface area contributed by atoms with Gasteiger partial charge in [-0.2, -0.15) is 0 Å². The first kappa shape index (κ1) is 9.28. The van der Waals surface area contributed by atoms with Gasteiger partial charge in [0.25, 0.3) is 0 Å². The minimum Gasteiger partial charge on any atom is -0.0999 e. The Hall–Kier alpha value is -0.715. The van der Waals surface area contributed by atoms with Gasteiger partial charge in [-0.15, -0.1) is 0 Å². The van der Waals surface area contributed by atoms with Crippen LogP contribution in [-0.4, -0.2) is 7.85 Å². The van der Waals surface area contributed by atoms with Crippen LogP contribution in [0.2, 0.25) is 6.82 Å². The lowest BCUT2D eigenvalue weighted by Crippen LogP contribution is -1.70. The summed E-state index contributed by atoms with van der Waals surface area (Å²) in [5.74, 6) is 0. The van der Waals surface area contributed by atoms with Crippen LogP contribution in [0.3, 0.4) is 0 Å². The van der Waals surface area contributed by atoms with Crippen molar-refractivity contribution in [2.75, 3.05) is 0 Å². The van der Waals surface area contributed by atoms with Gasteiger partial charge in [-0.3, -0.25) is 0 Å². The Morgan fingerprint density at radius 2 is 1.00 bits per heavy atom. The SMILES string of the molecule is Cc1ccc(C)cc1.[B]C. The molecule has 0 aliphatic rings. The lowest BCUT2D eigenvalue weighted by atomic mass is 10.2. The monoisotopic (exact) mass is 132 g/mol. The number of aryl methyl sites for hydroxylation is 2. The van der Waals surface area contributed by atoms with E-state index >= 15 is 0 Å². The number of hydrogen-bond donors (Lipinski definition) is 0. The summed E-state index contributed by atoms with van der Waals surface area (Å²) in [6, 6.07) is 8.48. The van der Waals surface area contributed by atoms with Crippen molar-refractivity contribution in [1.82, 2.24) is 0 Å². The Morgan fingerprint density at radius 3 is 1.20 bits per heavy atom. The molecular weight excluding hydrogens is 119 g/mol. The second-order valence-corrected chi connectivity index (χ2v) is 2.15. The smallest absolute Gasteiger partial charge is 0.0606 e. The van der Waals surface area contributed by atoms with Gasteiger partial charge >= 0.3 is 0 Å². The highest BCUT2D eigenvalue weighted by molar-refractivity contribution is 6.05. The second kappa shape index (κ2) is 5.10. The molecule has 1 heteroatoms. The third-order valence-electron chi connectivity index (χ3n) is 1.22. The minimum absolute atomic E-state index is 1.33. The van der Waals surface area contributed by atoms with E-state index in [1.807, 2.05) is 0 Å². The third kappa shape index (κ3) is 3.34. The Kier molecular flexibility index (Phi) is 4.74. The van der Waals surface area contributed by atoms with Gasteiger partial charge in [-0.1, -0.05) is 42.2 Å². The maximum Gasteiger partial charge on any atom is 0.0606 e. The zero-order valence-electron chi connectivity index (χ0n) is 6.89. The molecule has 1 rings (SSSR count). The molecule has 0 saturated carbocycles. The Morgan fingerprint density at radius 1 is 0.800 bits per heavy atom. The highest BCUT2D eigenvalue weighted by atomic mass is 13.9. The molecule has 0 aliphatic heterocycles. The summed E-state index contributed by atoms with van der Waals surface area (Å²) in [6.45, 7) is 5.69. The van der Waals surface area contributed by atoms with Gasteiger partial charge in [0.2, 0.25) is 0 Å². The van der Waals surface area contributed by atoms with Gasteiger partial charge in [0.15, 0.2) is 0 Å². The number of rotatable bonds is 0. The van der Waals surface area contributed by atoms with Crippen LogP contribution in [0.25, 0.3) is 0 Å². The average Bonchev–Trinajstić information content (AvgIpc) is 2.00. The third-order valence-corrected chi connectivity index (χ3v) is 1.22. The van der Waals surface area contributed by atoms with E-state index in [1.54, 1.807) is 0 Å². The molecule has 0 fully saturated rings. The predicted molar refractivity (Wildman–Crippen MR) is 47.5 cm³/mol. The van der Waals surface area contributed by atoms with Crippen LogP contribution in [0.1, 0.15) is 11.1 Å². The quantitative estimate of drug-likeness (QED) is 0.475. The Labute approximate surface area is 64.7 Å². The molecule has 0 nitrogen and oxygen atoms in total. The van der Waals surface area contributed by atoms with Crippen LogP contribution in [0.15, 0.2) is 24.3 Å². The van der Waals surface area contributed by atoms with Crippen molar-refractivity contribution in [2.45, 2.75) is 20.7 Å². The molecule has 0 heterocycles. The Balaban J connectivity index is 0.000000371. The van der Waals surface area contributed by atoms with Crippen LogP contribution in [0, 0.1) is 13.8 Å². The van der Waals surface area contributed by atoms with Gasteiger partial charge in [0, 0.05) is 0 Å². The minimum atomic E-state index is 1.33. The summed E-state index contributed by atoms with van der Waals surface area (Å²) >= 11 is 0. The number of benzene rings is 1. The standard InChI is InChI=1S/C8H10.CH3B/c1-7-3-5-8(2)6-4-7;1-2/h3-6H,1-2H3;1H3. The molecule has 2 radical (unpaired) electrons. The van der Waals surface area contributed by atoms with E-state index in [4.69, 9.17) is 0 Å². The van der Waals surface area contributed by atoms with Crippen molar-refractivity contribution < 1.29 is 0 Å². The van der Waals surface area contributed by atoms with Gasteiger partial charge in [-0.25, -0.2) is 0 Å². The summed E-state index contributed by atoms with van der Waals surface area (Å²) in [4.78, 5) is 0. The van der Waals surface area contributed by atoms with Crippen molar-refractivity contribution >= 4 is 7.85 Å². The normalized spacial score (nSPS) is 7.90. The molecular formula is C9H13B. The lowest BCUT2D eigenvalue weighted by Gasteiger charge is -1.90. The molecule has 52 valence electrons. The predicted octanol–water partition coefficient (Wildman–Crippen LogP) is 2.51. The molecule has 0 atom stereocenters. The molecule has 0 aromatic heterocycles. The van der Waals surface area contributed by atoms with Crippen molar-refractivity contribution in [1.29, 1.82) is 0 Å². The fraction of sp³-hybridized carbons (Fsp3) is 0.333. The first-order valence-corrected chi connectivity index (χ1v) is 3.40. The molecule has 0 unspecified atom stereocenters. The van der Waals surface area contributed by atoms with E-state index in [2.05, 4.69) is 46.0 Å². The van der Waals surface area contributed by atoms with Crippen LogP contribution in [0.4, 0.5) is 0 Å². The van der Waals surface area contributed by atoms with E-state index in [1.165, 1.54) is 17.9 Å². The van der Waals surface area contributed by atoms with Crippen molar-refractivity contribution in [3.8, 4) is 0 Å². The summed E-state index contributed by atoms with van der Waals surface area (Å²) < 4.78 is 0. The molecule has 0 spiro atoms. The van der Waals surface area contributed by atoms with Crippen molar-refractivity contribution in [3.63, 3.8) is 0 Å². The fourth-order valence-electron chi connectivity index (χ4n) is 0.637. The zero-order chi connectivity index (χ0) is 7.98. The molecule has 0 amide bonds. The average molecular weight is 132 g/mol. The molecule has 0 aliphatic carbocycles. The van der Waals surface area contributed by atoms with Crippen LogP contribution in [0.5, 0.6) is 0 Å². The van der Waals surface area contributed by atoms with Crippen molar-refractivity contribution in [2.24, 2.45) is 0 Å². The van der Waals surface area contributed by atoms with E-state index < -0.39 is 0 Å². The highest BCUT2D eigenvalue weighted by Gasteiger charge is 1.79. The molecule has 0 saturated heterocycles. The van der Waals surface area contributed by atoms with Crippen LogP contribution < -0.4 is 0 Å². The summed E-state index contributed by atoms with van der Waals surface area (Å²) in [6.07, 6.45) is 0. The first-order valence-electron chi connectivity index (χ1n) is 3.40. The van der Waals surface area contributed by atoms with Gasteiger partial charge in [0.05, 0.1) is 7.85 Å². The van der Waals surface area contributed by atoms with E-state index in [9.17, 15) is 0 Å². The van der Waals surface area contributed by atoms with Gasteiger partial charge in [-0.05, 0) is 13.8 Å².